The summed E-state index contributed by atoms with van der Waals surface area (Å²) in [5.74, 6) is -0.536. The normalized spacial score (nSPS) is 13.9. The van der Waals surface area contributed by atoms with Crippen LogP contribution in [0.25, 0.3) is 0 Å². The second kappa shape index (κ2) is 69.0. The van der Waals surface area contributed by atoms with E-state index in [4.69, 9.17) is 13.8 Å². The first kappa shape index (κ1) is 87.2. The summed E-state index contributed by atoms with van der Waals surface area (Å²) < 4.78 is 30.5. The predicted octanol–water partition coefficient (Wildman–Crippen LogP) is 24.2. The van der Waals surface area contributed by atoms with Crippen LogP contribution in [0.4, 0.5) is 0 Å². The maximum Gasteiger partial charge on any atom is 0.306 e. The zero-order chi connectivity index (χ0) is 65.6. The minimum atomic E-state index is -4.71. The average molecular weight is 1280 g/mol. The summed E-state index contributed by atoms with van der Waals surface area (Å²) >= 11 is 0. The number of nitrogens with one attached hydrogen (secondary N) is 1. The largest absolute Gasteiger partial charge is 0.756 e. The number of nitrogens with zero attached hydrogens (tertiary/aromatic N) is 1. The zero-order valence-corrected chi connectivity index (χ0v) is 61.0. The number of esters is 1. The minimum Gasteiger partial charge on any atom is -0.756 e. The molecule has 0 aliphatic rings. The lowest BCUT2D eigenvalue weighted by Crippen LogP contribution is -2.47. The zero-order valence-electron chi connectivity index (χ0n) is 60.1. The number of hydrogen-bond acceptors (Lipinski definition) is 7. The van der Waals surface area contributed by atoms with Crippen LogP contribution in [0.5, 0.6) is 0 Å². The number of carbonyl (C=O) groups excluding carboxylic acids is 2. The van der Waals surface area contributed by atoms with Crippen LogP contribution in [0.2, 0.25) is 0 Å². The van der Waals surface area contributed by atoms with Gasteiger partial charge in [-0.05, 0) is 109 Å². The summed E-state index contributed by atoms with van der Waals surface area (Å²) in [4.78, 5) is 40.3. The molecule has 0 saturated carbocycles. The number of likely N-dealkylation sites (N-methyl/N-ethyl adjacent to an activating group) is 1. The number of phosphoric ester groups is 1. The highest BCUT2D eigenvalue weighted by Gasteiger charge is 2.27. The number of amides is 1. The molecule has 0 bridgehead atoms. The number of allylic oxidation sites excluding steroid dienone is 13. The van der Waals surface area contributed by atoms with E-state index >= 15 is 0 Å². The van der Waals surface area contributed by atoms with Crippen molar-refractivity contribution >= 4 is 19.7 Å². The number of carbonyl (C=O) groups is 2. The Bertz CT molecular complexity index is 1810. The lowest BCUT2D eigenvalue weighted by molar-refractivity contribution is -0.870. The number of hydrogen-bond donors (Lipinski definition) is 1. The Labute approximate surface area is 558 Å². The lowest BCUT2D eigenvalue weighted by atomic mass is 10.0. The summed E-state index contributed by atoms with van der Waals surface area (Å²) in [6, 6.07) is -0.896. The molecule has 10 heteroatoms. The lowest BCUT2D eigenvalue weighted by Gasteiger charge is -2.30. The van der Waals surface area contributed by atoms with Gasteiger partial charge in [-0.25, -0.2) is 0 Å². The van der Waals surface area contributed by atoms with Gasteiger partial charge in [-0.1, -0.05) is 324 Å². The van der Waals surface area contributed by atoms with Gasteiger partial charge in [-0.2, -0.15) is 0 Å². The molecule has 0 aliphatic heterocycles. The first-order valence-electron chi connectivity index (χ1n) is 38.4. The fourth-order valence-corrected chi connectivity index (χ4v) is 11.9. The molecule has 0 saturated heterocycles. The predicted molar refractivity (Wildman–Crippen MR) is 390 cm³/mol. The summed E-state index contributed by atoms with van der Waals surface area (Å²) in [6.07, 6.45) is 92.9. The van der Waals surface area contributed by atoms with Crippen LogP contribution in [0.1, 0.15) is 361 Å². The molecule has 0 aromatic carbocycles. The molecule has 0 fully saturated rings. The molecule has 3 unspecified atom stereocenters. The molecule has 0 spiro atoms. The van der Waals surface area contributed by atoms with Gasteiger partial charge in [0.05, 0.1) is 33.8 Å². The van der Waals surface area contributed by atoms with Crippen LogP contribution < -0.4 is 10.2 Å². The maximum atomic E-state index is 13.6. The third kappa shape index (κ3) is 69.5. The highest BCUT2D eigenvalue weighted by molar-refractivity contribution is 7.45. The topological polar surface area (TPSA) is 114 Å². The van der Waals surface area contributed by atoms with Crippen molar-refractivity contribution in [3.8, 4) is 0 Å². The van der Waals surface area contributed by atoms with Crippen molar-refractivity contribution in [2.45, 2.75) is 373 Å². The van der Waals surface area contributed by atoms with Crippen LogP contribution in [-0.2, 0) is 27.9 Å². The van der Waals surface area contributed by atoms with Gasteiger partial charge in [0.25, 0.3) is 7.82 Å². The van der Waals surface area contributed by atoms with Crippen molar-refractivity contribution in [3.05, 3.63) is 85.1 Å². The molecule has 3 atom stereocenters. The fourth-order valence-electron chi connectivity index (χ4n) is 11.1. The van der Waals surface area contributed by atoms with Crippen molar-refractivity contribution in [1.82, 2.24) is 5.32 Å². The van der Waals surface area contributed by atoms with Crippen molar-refractivity contribution in [3.63, 3.8) is 0 Å². The Hall–Kier alpha value is -2.81. The molecular weight excluding hydrogens is 1130 g/mol. The Balaban J connectivity index is 4.97. The third-order valence-corrected chi connectivity index (χ3v) is 18.0. The molecule has 1 N–H and O–H groups in total. The minimum absolute atomic E-state index is 0.0250. The van der Waals surface area contributed by atoms with Gasteiger partial charge in [0.2, 0.25) is 5.91 Å². The van der Waals surface area contributed by atoms with E-state index in [-0.39, 0.29) is 24.9 Å². The molecule has 0 rings (SSSR count). The van der Waals surface area contributed by atoms with Crippen molar-refractivity contribution in [1.29, 1.82) is 0 Å². The first-order chi connectivity index (χ1) is 43.9. The number of ether oxygens (including phenoxy) is 1. The van der Waals surface area contributed by atoms with Gasteiger partial charge < -0.3 is 28.5 Å². The molecule has 0 aromatic rings. The molecule has 90 heavy (non-hydrogen) atoms. The smallest absolute Gasteiger partial charge is 0.306 e. The van der Waals surface area contributed by atoms with Crippen molar-refractivity contribution < 1.29 is 37.3 Å². The highest BCUT2D eigenvalue weighted by atomic mass is 31.2. The Morgan fingerprint density at radius 1 is 0.389 bits per heavy atom. The summed E-state index contributed by atoms with van der Waals surface area (Å²) in [7, 11) is 1.19. The quantitative estimate of drug-likeness (QED) is 0.0212. The van der Waals surface area contributed by atoms with Crippen LogP contribution in [-0.4, -0.2) is 69.4 Å². The van der Waals surface area contributed by atoms with Crippen molar-refractivity contribution in [2.24, 2.45) is 0 Å². The van der Waals surface area contributed by atoms with E-state index in [0.29, 0.717) is 17.4 Å². The average Bonchev–Trinajstić information content (AvgIpc) is 3.11. The second-order valence-electron chi connectivity index (χ2n) is 27.1. The first-order valence-corrected chi connectivity index (χ1v) is 39.9. The van der Waals surface area contributed by atoms with E-state index in [1.807, 2.05) is 33.3 Å². The van der Waals surface area contributed by atoms with Gasteiger partial charge in [-0.3, -0.25) is 14.2 Å². The third-order valence-electron chi connectivity index (χ3n) is 17.0. The molecular formula is C80H147N2O7P. The van der Waals surface area contributed by atoms with Gasteiger partial charge in [0.1, 0.15) is 19.3 Å². The second-order valence-corrected chi connectivity index (χ2v) is 28.6. The molecule has 1 amide bonds. The molecule has 0 aliphatic carbocycles. The number of unbranched alkanes of at least 4 members (excludes halogenated alkanes) is 42. The van der Waals surface area contributed by atoms with Gasteiger partial charge in [0.15, 0.2) is 0 Å². The molecule has 524 valence electrons. The SMILES string of the molecule is CCCCC/C=C\C/C=C\C/C=C\C/C=C\CCCCCCCCCCCC(=O)NC(COP(=O)([O-])OCC[N+](C)(C)C)C(/C=C/CCCCCCCCCCCC)OC(=O)CCCCCCCCCCCCCCCCCCC/C=C\C/C=C\CCCCC. The van der Waals surface area contributed by atoms with E-state index in [1.54, 1.807) is 0 Å². The number of phosphoric acid groups is 1. The van der Waals surface area contributed by atoms with Crippen LogP contribution >= 0.6 is 7.82 Å². The van der Waals surface area contributed by atoms with E-state index in [0.717, 1.165) is 96.3 Å². The standard InChI is InChI=1S/C80H147N2O7P/c1-7-10-13-16-19-22-25-28-30-32-34-36-38-40-41-43-45-47-49-51-53-55-58-61-64-67-70-73-80(84)89-78(71-68-65-62-59-56-27-24-21-18-15-12-9-3)77(76-88-90(85,86)87-75-74-82(4,5)6)81-79(83)72-69-66-63-60-57-54-52-50-48-46-44-42-39-37-35-33-31-29-26-23-20-17-14-11-8-2/h19-20,22-23,28-31,35,37,42,44,68,71,77-78H,7-18,21,24-27,32-34,36,38-41,43,45-67,69-70,72-76H2,1-6H3,(H-,81,83,85,86)/b22-19-,23-20-,30-28-,31-29-,37-35-,44-42-,71-68+. The van der Waals surface area contributed by atoms with Crippen molar-refractivity contribution in [2.75, 3.05) is 40.9 Å². The highest BCUT2D eigenvalue weighted by Crippen LogP contribution is 2.38. The Kier molecular flexibility index (Phi) is 66.9. The number of rotatable bonds is 70. The summed E-state index contributed by atoms with van der Waals surface area (Å²) in [6.45, 7) is 6.83. The Morgan fingerprint density at radius 2 is 0.678 bits per heavy atom. The fraction of sp³-hybridized carbons (Fsp3) is 0.800. The van der Waals surface area contributed by atoms with Gasteiger partial charge in [-0.15, -0.1) is 0 Å². The van der Waals surface area contributed by atoms with E-state index in [9.17, 15) is 19.0 Å². The molecule has 9 nitrogen and oxygen atoms in total. The summed E-state index contributed by atoms with van der Waals surface area (Å²) in [5, 5.41) is 3.05. The van der Waals surface area contributed by atoms with E-state index in [2.05, 4.69) is 99.0 Å². The number of quaternary nitrogens is 1. The van der Waals surface area contributed by atoms with Crippen LogP contribution in [0.3, 0.4) is 0 Å². The molecule has 0 radical (unpaired) electrons. The molecule has 0 aromatic heterocycles. The van der Waals surface area contributed by atoms with Gasteiger partial charge in [0, 0.05) is 12.8 Å². The summed E-state index contributed by atoms with van der Waals surface area (Å²) in [5.41, 5.74) is 0. The molecule has 0 heterocycles. The Morgan fingerprint density at radius 3 is 1.03 bits per heavy atom. The van der Waals surface area contributed by atoms with Crippen LogP contribution in [0.15, 0.2) is 85.1 Å². The van der Waals surface area contributed by atoms with E-state index in [1.165, 1.54) is 231 Å². The van der Waals surface area contributed by atoms with E-state index < -0.39 is 26.6 Å². The monoisotopic (exact) mass is 1280 g/mol. The maximum absolute atomic E-state index is 13.6. The van der Waals surface area contributed by atoms with Gasteiger partial charge >= 0.3 is 5.97 Å². The van der Waals surface area contributed by atoms with Crippen LogP contribution in [0, 0.1) is 0 Å².